The maximum absolute atomic E-state index is 6.11. The molecule has 0 saturated carbocycles. The van der Waals surface area contributed by atoms with Crippen molar-refractivity contribution in [2.45, 2.75) is 16.7 Å². The Balaban J connectivity index is 0.00000225. The van der Waals surface area contributed by atoms with Crippen molar-refractivity contribution in [1.29, 1.82) is 0 Å². The van der Waals surface area contributed by atoms with Crippen molar-refractivity contribution in [3.63, 3.8) is 0 Å². The molecule has 0 saturated heterocycles. The van der Waals surface area contributed by atoms with Gasteiger partial charge in [0.15, 0.2) is 16.7 Å². The number of hydrogen-bond donors (Lipinski definition) is 1. The number of aromatic nitrogens is 2. The number of hydrogen-bond acceptors (Lipinski definition) is 6. The van der Waals surface area contributed by atoms with Crippen LogP contribution >= 0.6 is 35.5 Å². The molecule has 2 aromatic carbocycles. The van der Waals surface area contributed by atoms with Gasteiger partial charge in [0.05, 0.1) is 5.69 Å². The van der Waals surface area contributed by atoms with Crippen molar-refractivity contribution in [2.24, 2.45) is 0 Å². The lowest BCUT2D eigenvalue weighted by atomic mass is 10.3. The fourth-order valence-corrected chi connectivity index (χ4v) is 3.93. The van der Waals surface area contributed by atoms with E-state index in [2.05, 4.69) is 27.4 Å². The van der Waals surface area contributed by atoms with Crippen molar-refractivity contribution in [2.75, 3.05) is 5.32 Å². The van der Waals surface area contributed by atoms with E-state index < -0.39 is 0 Å². The van der Waals surface area contributed by atoms with Crippen LogP contribution in [0.1, 0.15) is 5.69 Å². The minimum absolute atomic E-state index is 0. The average molecular weight is 428 g/mol. The zero-order valence-corrected chi connectivity index (χ0v) is 17.5. The summed E-state index contributed by atoms with van der Waals surface area (Å²) in [5, 5.41) is 6.06. The molecule has 0 aliphatic carbocycles. The number of thiazole rings is 1. The molecule has 142 valence electrons. The van der Waals surface area contributed by atoms with E-state index in [0.717, 1.165) is 26.4 Å². The lowest BCUT2D eigenvalue weighted by Crippen LogP contribution is -1.97. The van der Waals surface area contributed by atoms with Gasteiger partial charge in [0.2, 0.25) is 0 Å². The van der Waals surface area contributed by atoms with Gasteiger partial charge in [-0.3, -0.25) is 0 Å². The van der Waals surface area contributed by atoms with Crippen LogP contribution in [0.25, 0.3) is 0 Å². The van der Waals surface area contributed by atoms with Gasteiger partial charge in [0, 0.05) is 27.4 Å². The van der Waals surface area contributed by atoms with Crippen molar-refractivity contribution in [3.05, 3.63) is 84.0 Å². The predicted octanol–water partition coefficient (Wildman–Crippen LogP) is 6.96. The molecule has 4 aromatic rings. The summed E-state index contributed by atoms with van der Waals surface area (Å²) in [4.78, 5) is 11.2. The Morgan fingerprint density at radius 2 is 1.68 bits per heavy atom. The van der Waals surface area contributed by atoms with E-state index in [4.69, 9.17) is 4.74 Å². The maximum atomic E-state index is 6.11. The predicted molar refractivity (Wildman–Crippen MR) is 119 cm³/mol. The monoisotopic (exact) mass is 427 g/mol. The quantitative estimate of drug-likeness (QED) is 0.360. The molecule has 0 bridgehead atoms. The number of aryl methyl sites for hydroxylation is 1. The van der Waals surface area contributed by atoms with E-state index >= 15 is 0 Å². The third-order valence-corrected chi connectivity index (χ3v) is 5.46. The van der Waals surface area contributed by atoms with Gasteiger partial charge in [-0.25, -0.2) is 9.97 Å². The Labute approximate surface area is 178 Å². The number of nitrogens with one attached hydrogen (secondary N) is 1. The second-order valence-corrected chi connectivity index (χ2v) is 7.77. The summed E-state index contributed by atoms with van der Waals surface area (Å²) in [6.45, 7) is 1.97. The zero-order valence-electron chi connectivity index (χ0n) is 15.0. The molecular weight excluding hydrogens is 410 g/mol. The summed E-state index contributed by atoms with van der Waals surface area (Å²) in [5.41, 5.74) is 0.976. The SMILES string of the molecule is Cc1csc(Nc2ncc(Sc3ccccc3)cc2Oc2ccccc2)n1.Cl. The summed E-state index contributed by atoms with van der Waals surface area (Å²) >= 11 is 3.19. The molecule has 4 nitrogen and oxygen atoms in total. The summed E-state index contributed by atoms with van der Waals surface area (Å²) in [7, 11) is 0. The third-order valence-electron chi connectivity index (χ3n) is 3.62. The lowest BCUT2D eigenvalue weighted by Gasteiger charge is -2.12. The van der Waals surface area contributed by atoms with Crippen LogP contribution in [-0.4, -0.2) is 9.97 Å². The van der Waals surface area contributed by atoms with Crippen LogP contribution in [0, 0.1) is 6.92 Å². The first-order chi connectivity index (χ1) is 13.3. The highest BCUT2D eigenvalue weighted by atomic mass is 35.5. The van der Waals surface area contributed by atoms with Crippen LogP contribution in [0.15, 0.2) is 88.1 Å². The van der Waals surface area contributed by atoms with Crippen LogP contribution in [0.4, 0.5) is 10.9 Å². The lowest BCUT2D eigenvalue weighted by molar-refractivity contribution is 0.481. The first kappa shape index (κ1) is 20.2. The van der Waals surface area contributed by atoms with Crippen molar-refractivity contribution in [1.82, 2.24) is 9.97 Å². The van der Waals surface area contributed by atoms with E-state index in [0.29, 0.717) is 11.6 Å². The molecule has 0 atom stereocenters. The minimum atomic E-state index is 0. The van der Waals surface area contributed by atoms with E-state index in [1.54, 1.807) is 23.1 Å². The summed E-state index contributed by atoms with van der Waals surface area (Å²) < 4.78 is 6.11. The van der Waals surface area contributed by atoms with Crippen LogP contribution < -0.4 is 10.1 Å². The molecule has 1 N–H and O–H groups in total. The Kier molecular flexibility index (Phi) is 6.92. The standard InChI is InChI=1S/C21H17N3OS2.ClH/c1-15-14-26-21(23-15)24-20-19(25-16-8-4-2-5-9-16)12-18(13-22-20)27-17-10-6-3-7-11-17;/h2-14H,1H3,(H,22,23,24);1H. The summed E-state index contributed by atoms with van der Waals surface area (Å²) in [6, 6.07) is 21.9. The summed E-state index contributed by atoms with van der Waals surface area (Å²) in [6.07, 6.45) is 1.85. The van der Waals surface area contributed by atoms with Gasteiger partial charge in [-0.05, 0) is 31.2 Å². The van der Waals surface area contributed by atoms with E-state index in [1.807, 2.05) is 73.1 Å². The van der Waals surface area contributed by atoms with Gasteiger partial charge in [0.25, 0.3) is 0 Å². The first-order valence-electron chi connectivity index (χ1n) is 8.41. The Hall–Kier alpha value is -2.54. The highest BCUT2D eigenvalue weighted by molar-refractivity contribution is 7.99. The highest BCUT2D eigenvalue weighted by Gasteiger charge is 2.11. The third kappa shape index (κ3) is 5.25. The van der Waals surface area contributed by atoms with Gasteiger partial charge in [-0.2, -0.15) is 0 Å². The van der Waals surface area contributed by atoms with Gasteiger partial charge in [-0.15, -0.1) is 23.7 Å². The van der Waals surface area contributed by atoms with Crippen molar-refractivity contribution in [3.8, 4) is 11.5 Å². The number of benzene rings is 2. The average Bonchev–Trinajstić information content (AvgIpc) is 3.10. The first-order valence-corrected chi connectivity index (χ1v) is 10.1. The topological polar surface area (TPSA) is 47.0 Å². The molecule has 2 heterocycles. The molecule has 0 radical (unpaired) electrons. The molecule has 0 spiro atoms. The fraction of sp³-hybridized carbons (Fsp3) is 0.0476. The fourth-order valence-electron chi connectivity index (χ4n) is 2.41. The van der Waals surface area contributed by atoms with Crippen molar-refractivity contribution < 1.29 is 4.74 Å². The normalized spacial score (nSPS) is 10.2. The second kappa shape index (κ2) is 9.59. The molecule has 4 rings (SSSR count). The number of para-hydroxylation sites is 1. The number of nitrogens with zero attached hydrogens (tertiary/aromatic N) is 2. The minimum Gasteiger partial charge on any atom is -0.453 e. The van der Waals surface area contributed by atoms with Gasteiger partial charge < -0.3 is 10.1 Å². The van der Waals surface area contributed by atoms with Gasteiger partial charge in [0.1, 0.15) is 5.75 Å². The molecule has 0 aliphatic rings. The van der Waals surface area contributed by atoms with E-state index in [1.165, 1.54) is 0 Å². The number of rotatable bonds is 6. The maximum Gasteiger partial charge on any atom is 0.188 e. The van der Waals surface area contributed by atoms with Crippen LogP contribution in [0.2, 0.25) is 0 Å². The van der Waals surface area contributed by atoms with E-state index in [9.17, 15) is 0 Å². The van der Waals surface area contributed by atoms with Gasteiger partial charge >= 0.3 is 0 Å². The Morgan fingerprint density at radius 3 is 2.36 bits per heavy atom. The molecule has 0 unspecified atom stereocenters. The number of ether oxygens (including phenoxy) is 1. The molecule has 28 heavy (non-hydrogen) atoms. The molecule has 0 aliphatic heterocycles. The molecule has 0 fully saturated rings. The van der Waals surface area contributed by atoms with Crippen LogP contribution in [0.3, 0.4) is 0 Å². The number of halogens is 1. The number of anilines is 2. The largest absolute Gasteiger partial charge is 0.453 e. The van der Waals surface area contributed by atoms with Crippen LogP contribution in [0.5, 0.6) is 11.5 Å². The highest BCUT2D eigenvalue weighted by Crippen LogP contribution is 2.36. The molecule has 0 amide bonds. The molecule has 7 heteroatoms. The van der Waals surface area contributed by atoms with Crippen LogP contribution in [-0.2, 0) is 0 Å². The Bertz CT molecular complexity index is 1030. The Morgan fingerprint density at radius 1 is 0.964 bits per heavy atom. The molecule has 2 aromatic heterocycles. The summed E-state index contributed by atoms with van der Waals surface area (Å²) in [5.74, 6) is 2.07. The second-order valence-electron chi connectivity index (χ2n) is 5.77. The van der Waals surface area contributed by atoms with E-state index in [-0.39, 0.29) is 12.4 Å². The number of pyridine rings is 1. The zero-order chi connectivity index (χ0) is 18.5. The van der Waals surface area contributed by atoms with Crippen molar-refractivity contribution >= 4 is 46.5 Å². The molecular formula is C21H18ClN3OS2. The smallest absolute Gasteiger partial charge is 0.188 e. The van der Waals surface area contributed by atoms with Gasteiger partial charge in [-0.1, -0.05) is 48.2 Å².